The largest absolute Gasteiger partial charge is 0.479 e. The highest BCUT2D eigenvalue weighted by molar-refractivity contribution is 6.04. The molecule has 1 unspecified atom stereocenters. The van der Waals surface area contributed by atoms with Gasteiger partial charge in [-0.2, -0.15) is 0 Å². The minimum Gasteiger partial charge on any atom is -0.479 e. The lowest BCUT2D eigenvalue weighted by atomic mass is 9.93. The van der Waals surface area contributed by atoms with Gasteiger partial charge in [0.2, 0.25) is 5.54 Å². The Hall–Kier alpha value is -2.70. The van der Waals surface area contributed by atoms with Crippen molar-refractivity contribution in [3.8, 4) is 11.1 Å². The number of carboxylic acids is 1. The van der Waals surface area contributed by atoms with Crippen LogP contribution in [0.4, 0.5) is 0 Å². The van der Waals surface area contributed by atoms with Gasteiger partial charge in [-0.1, -0.05) is 42.5 Å². The average molecular weight is 352 g/mol. The molecule has 1 heterocycles. The Balaban J connectivity index is 1.54. The Labute approximate surface area is 151 Å². The van der Waals surface area contributed by atoms with E-state index < -0.39 is 17.5 Å². The fourth-order valence-corrected chi connectivity index (χ4v) is 3.74. The Morgan fingerprint density at radius 3 is 2.69 bits per heavy atom. The second kappa shape index (κ2) is 6.55. The van der Waals surface area contributed by atoms with Crippen LogP contribution in [-0.4, -0.2) is 29.1 Å². The number of nitrogens with one attached hydrogen (secondary N) is 2. The minimum atomic E-state index is -1.72. The third kappa shape index (κ3) is 2.67. The van der Waals surface area contributed by atoms with Gasteiger partial charge in [0.05, 0.1) is 0 Å². The van der Waals surface area contributed by atoms with Gasteiger partial charge in [-0.15, -0.1) is 0 Å². The topological polar surface area (TPSA) is 87.7 Å². The average Bonchev–Trinajstić information content (AvgIpc) is 3.06. The van der Waals surface area contributed by atoms with Gasteiger partial charge in [-0.3, -0.25) is 5.43 Å². The summed E-state index contributed by atoms with van der Waals surface area (Å²) >= 11 is 0. The molecule has 1 aliphatic heterocycles. The lowest BCUT2D eigenvalue weighted by Crippen LogP contribution is -2.66. The Bertz CT molecular complexity index is 872. The third-order valence-electron chi connectivity index (χ3n) is 5.18. The highest BCUT2D eigenvalue weighted by Crippen LogP contribution is 2.38. The van der Waals surface area contributed by atoms with Crippen LogP contribution < -0.4 is 10.9 Å². The summed E-state index contributed by atoms with van der Waals surface area (Å²) < 4.78 is 5.43. The molecule has 2 aromatic rings. The number of ether oxygens (including phenoxy) is 1. The van der Waals surface area contributed by atoms with Crippen molar-refractivity contribution in [3.05, 3.63) is 59.2 Å². The molecular formula is C20H20N2O4. The molecule has 134 valence electrons. The molecule has 4 rings (SSSR count). The van der Waals surface area contributed by atoms with Crippen molar-refractivity contribution >= 4 is 11.9 Å². The van der Waals surface area contributed by atoms with Crippen molar-refractivity contribution < 1.29 is 19.4 Å². The van der Waals surface area contributed by atoms with Gasteiger partial charge >= 0.3 is 11.9 Å². The maximum absolute atomic E-state index is 12.5. The molecule has 3 N–H and O–H groups in total. The van der Waals surface area contributed by atoms with E-state index >= 15 is 0 Å². The lowest BCUT2D eigenvalue weighted by molar-refractivity contribution is -0.166. The van der Waals surface area contributed by atoms with E-state index in [1.165, 1.54) is 11.1 Å². The molecular weight excluding hydrogens is 332 g/mol. The summed E-state index contributed by atoms with van der Waals surface area (Å²) in [5.41, 5.74) is 9.31. The number of aliphatic carboxylic acids is 1. The van der Waals surface area contributed by atoms with Gasteiger partial charge < -0.3 is 9.84 Å². The highest BCUT2D eigenvalue weighted by atomic mass is 16.5. The summed E-state index contributed by atoms with van der Waals surface area (Å²) in [6.07, 6.45) is 1.58. The number of carbonyl (C=O) groups is 2. The van der Waals surface area contributed by atoms with Gasteiger partial charge in [0.25, 0.3) is 0 Å². The van der Waals surface area contributed by atoms with Crippen molar-refractivity contribution in [2.75, 3.05) is 6.54 Å². The molecule has 1 atom stereocenters. The molecule has 1 saturated heterocycles. The zero-order valence-corrected chi connectivity index (χ0v) is 14.2. The molecule has 0 radical (unpaired) electrons. The quantitative estimate of drug-likeness (QED) is 0.492. The summed E-state index contributed by atoms with van der Waals surface area (Å²) in [6.45, 7) is 0.680. The molecule has 26 heavy (non-hydrogen) atoms. The number of carbonyl (C=O) groups excluding carboxylic acids is 1. The van der Waals surface area contributed by atoms with Crippen LogP contribution in [0.15, 0.2) is 42.5 Å². The van der Waals surface area contributed by atoms with E-state index in [-0.39, 0.29) is 13.0 Å². The van der Waals surface area contributed by atoms with E-state index in [0.717, 1.165) is 23.1 Å². The molecule has 0 saturated carbocycles. The number of fused-ring (bicyclic) bond motifs is 3. The number of benzene rings is 2. The minimum absolute atomic E-state index is 0.0622. The van der Waals surface area contributed by atoms with E-state index in [1.807, 2.05) is 24.3 Å². The second-order valence-electron chi connectivity index (χ2n) is 6.72. The van der Waals surface area contributed by atoms with E-state index in [1.54, 1.807) is 0 Å². The maximum atomic E-state index is 12.5. The van der Waals surface area contributed by atoms with Crippen LogP contribution in [0.2, 0.25) is 0 Å². The van der Waals surface area contributed by atoms with Crippen molar-refractivity contribution in [1.82, 2.24) is 10.9 Å². The molecule has 6 nitrogen and oxygen atoms in total. The summed E-state index contributed by atoms with van der Waals surface area (Å²) in [4.78, 5) is 24.2. The first kappa shape index (κ1) is 16.8. The van der Waals surface area contributed by atoms with Crippen LogP contribution in [-0.2, 0) is 27.4 Å². The smallest absolute Gasteiger partial charge is 0.339 e. The monoisotopic (exact) mass is 352 g/mol. The summed E-state index contributed by atoms with van der Waals surface area (Å²) in [5, 5.41) is 9.53. The van der Waals surface area contributed by atoms with Crippen LogP contribution in [0, 0.1) is 0 Å². The maximum Gasteiger partial charge on any atom is 0.339 e. The van der Waals surface area contributed by atoms with Crippen molar-refractivity contribution in [2.45, 2.75) is 31.4 Å². The molecule has 0 aromatic heterocycles. The SMILES string of the molecule is O=C(O)C1(C(=O)OCc2cccc3c2Cc2ccccc2-3)CCCNN1. The number of hydrazine groups is 1. The van der Waals surface area contributed by atoms with Crippen LogP contribution in [0.3, 0.4) is 0 Å². The molecule has 1 fully saturated rings. The number of hydrogen-bond acceptors (Lipinski definition) is 5. The molecule has 0 amide bonds. The van der Waals surface area contributed by atoms with Crippen LogP contribution >= 0.6 is 0 Å². The standard InChI is InChI=1S/C20H20N2O4/c23-18(24)20(9-4-10-21-22-20)19(25)26-12-14-6-3-8-16-15-7-2-1-5-13(15)11-17(14)16/h1-3,5-8,21-22H,4,9-12H2,(H,23,24). The van der Waals surface area contributed by atoms with Gasteiger partial charge in [0.15, 0.2) is 0 Å². The third-order valence-corrected chi connectivity index (χ3v) is 5.18. The fraction of sp³-hybridized carbons (Fsp3) is 0.300. The Morgan fingerprint density at radius 1 is 1.12 bits per heavy atom. The molecule has 2 aliphatic rings. The van der Waals surface area contributed by atoms with Crippen LogP contribution in [0.25, 0.3) is 11.1 Å². The van der Waals surface area contributed by atoms with Crippen LogP contribution in [0.5, 0.6) is 0 Å². The van der Waals surface area contributed by atoms with Crippen molar-refractivity contribution in [1.29, 1.82) is 0 Å². The number of esters is 1. The molecule has 0 bridgehead atoms. The predicted octanol–water partition coefficient (Wildman–Crippen LogP) is 2.01. The number of hydrogen-bond donors (Lipinski definition) is 3. The van der Waals surface area contributed by atoms with E-state index in [9.17, 15) is 14.7 Å². The van der Waals surface area contributed by atoms with Crippen molar-refractivity contribution in [2.24, 2.45) is 0 Å². The summed E-state index contributed by atoms with van der Waals surface area (Å²) in [6, 6.07) is 14.2. The van der Waals surface area contributed by atoms with Gasteiger partial charge in [-0.05, 0) is 47.1 Å². The lowest BCUT2D eigenvalue weighted by Gasteiger charge is -2.32. The normalized spacial score (nSPS) is 20.9. The first-order valence-electron chi connectivity index (χ1n) is 8.71. The Morgan fingerprint density at radius 2 is 1.92 bits per heavy atom. The molecule has 1 aliphatic carbocycles. The second-order valence-corrected chi connectivity index (χ2v) is 6.72. The number of rotatable bonds is 4. The van der Waals surface area contributed by atoms with Gasteiger partial charge in [0.1, 0.15) is 6.61 Å². The summed E-state index contributed by atoms with van der Waals surface area (Å²) in [7, 11) is 0. The molecule has 6 heteroatoms. The Kier molecular flexibility index (Phi) is 4.22. The first-order valence-corrected chi connectivity index (χ1v) is 8.71. The number of carboxylic acid groups (broad SMARTS) is 1. The van der Waals surface area contributed by atoms with Crippen LogP contribution in [0.1, 0.15) is 29.5 Å². The van der Waals surface area contributed by atoms with Crippen molar-refractivity contribution in [3.63, 3.8) is 0 Å². The van der Waals surface area contributed by atoms with E-state index in [0.29, 0.717) is 13.0 Å². The van der Waals surface area contributed by atoms with Gasteiger partial charge in [-0.25, -0.2) is 15.0 Å². The first-order chi connectivity index (χ1) is 12.6. The van der Waals surface area contributed by atoms with E-state index in [2.05, 4.69) is 29.1 Å². The predicted molar refractivity (Wildman–Crippen MR) is 95.2 cm³/mol. The molecule has 0 spiro atoms. The fourth-order valence-electron chi connectivity index (χ4n) is 3.74. The summed E-state index contributed by atoms with van der Waals surface area (Å²) in [5.74, 6) is -1.98. The highest BCUT2D eigenvalue weighted by Gasteiger charge is 2.49. The zero-order valence-electron chi connectivity index (χ0n) is 14.2. The van der Waals surface area contributed by atoms with Gasteiger partial charge in [0, 0.05) is 6.54 Å². The van der Waals surface area contributed by atoms with E-state index in [4.69, 9.17) is 4.74 Å². The molecule has 2 aromatic carbocycles. The zero-order chi connectivity index (χ0) is 18.1.